The van der Waals surface area contributed by atoms with E-state index in [2.05, 4.69) is 9.97 Å². The quantitative estimate of drug-likeness (QED) is 0.472. The van der Waals surface area contributed by atoms with Crippen LogP contribution >= 0.6 is 46.4 Å². The fourth-order valence-electron chi connectivity index (χ4n) is 2.63. The normalized spacial score (nSPS) is 10.9. The fourth-order valence-corrected chi connectivity index (χ4v) is 3.39. The van der Waals surface area contributed by atoms with Crippen LogP contribution in [0.1, 0.15) is 17.7 Å². The number of nitrogens with two attached hydrogens (primary N) is 1. The van der Waals surface area contributed by atoms with E-state index in [4.69, 9.17) is 52.1 Å². The molecule has 0 aliphatic carbocycles. The monoisotopic (exact) mass is 425 g/mol. The molecule has 134 valence electrons. The smallest absolute Gasteiger partial charge is 0.220 e. The highest BCUT2D eigenvalue weighted by atomic mass is 35.5. The topological polar surface area (TPSA) is 51.8 Å². The molecule has 0 unspecified atom stereocenters. The van der Waals surface area contributed by atoms with E-state index in [1.807, 2.05) is 30.3 Å². The summed E-state index contributed by atoms with van der Waals surface area (Å²) < 4.78 is 0. The molecule has 2 N–H and O–H groups in total. The van der Waals surface area contributed by atoms with Gasteiger partial charge in [0.1, 0.15) is 0 Å². The summed E-state index contributed by atoms with van der Waals surface area (Å²) in [5.41, 5.74) is 9.25. The van der Waals surface area contributed by atoms with Gasteiger partial charge in [-0.05, 0) is 55.2 Å². The molecule has 0 amide bonds. The lowest BCUT2D eigenvalue weighted by atomic mass is 10.1. The first-order chi connectivity index (χ1) is 12.4. The molecule has 1 aromatic heterocycles. The Morgan fingerprint density at radius 2 is 1.54 bits per heavy atom. The van der Waals surface area contributed by atoms with Crippen molar-refractivity contribution in [3.63, 3.8) is 0 Å². The molecule has 0 bridgehead atoms. The summed E-state index contributed by atoms with van der Waals surface area (Å²) in [5.74, 6) is 0.200. The van der Waals surface area contributed by atoms with Gasteiger partial charge in [-0.3, -0.25) is 0 Å². The Bertz CT molecular complexity index is 927. The van der Waals surface area contributed by atoms with Gasteiger partial charge in [0.15, 0.2) is 0 Å². The van der Waals surface area contributed by atoms with Crippen molar-refractivity contribution in [1.29, 1.82) is 0 Å². The van der Waals surface area contributed by atoms with Crippen molar-refractivity contribution in [2.24, 2.45) is 0 Å². The number of halogens is 4. The Kier molecular flexibility index (Phi) is 6.25. The van der Waals surface area contributed by atoms with Crippen LogP contribution < -0.4 is 5.73 Å². The van der Waals surface area contributed by atoms with Crippen molar-refractivity contribution in [2.45, 2.75) is 19.3 Å². The van der Waals surface area contributed by atoms with Crippen LogP contribution in [0.5, 0.6) is 0 Å². The largest absolute Gasteiger partial charge is 0.368 e. The summed E-state index contributed by atoms with van der Waals surface area (Å²) in [5, 5.41) is 1.78. The van der Waals surface area contributed by atoms with Crippen molar-refractivity contribution >= 4 is 52.4 Å². The second-order valence-electron chi connectivity index (χ2n) is 5.81. The first-order valence-corrected chi connectivity index (χ1v) is 9.47. The lowest BCUT2D eigenvalue weighted by molar-refractivity contribution is 0.797. The Morgan fingerprint density at radius 3 is 2.27 bits per heavy atom. The summed E-state index contributed by atoms with van der Waals surface area (Å²) >= 11 is 24.3. The SMILES string of the molecule is Nc1nc(CCCc2ccc(Cl)cc2)cc(-c2ccc(Cl)c(Cl)c2Cl)n1. The maximum atomic E-state index is 6.31. The van der Waals surface area contributed by atoms with Crippen molar-refractivity contribution in [1.82, 2.24) is 9.97 Å². The molecule has 2 aromatic carbocycles. The zero-order valence-electron chi connectivity index (χ0n) is 13.6. The van der Waals surface area contributed by atoms with Crippen LogP contribution in [-0.2, 0) is 12.8 Å². The average Bonchev–Trinajstić information content (AvgIpc) is 2.61. The third-order valence-corrected chi connectivity index (χ3v) is 5.46. The van der Waals surface area contributed by atoms with Crippen molar-refractivity contribution in [3.05, 3.63) is 73.8 Å². The van der Waals surface area contributed by atoms with Crippen LogP contribution in [0, 0.1) is 0 Å². The van der Waals surface area contributed by atoms with Gasteiger partial charge >= 0.3 is 0 Å². The molecule has 0 aliphatic rings. The molecular weight excluding hydrogens is 412 g/mol. The highest BCUT2D eigenvalue weighted by Crippen LogP contribution is 2.37. The summed E-state index contributed by atoms with van der Waals surface area (Å²) in [6.45, 7) is 0. The molecule has 0 spiro atoms. The van der Waals surface area contributed by atoms with Crippen LogP contribution in [-0.4, -0.2) is 9.97 Å². The predicted molar refractivity (Wildman–Crippen MR) is 110 cm³/mol. The fraction of sp³-hybridized carbons (Fsp3) is 0.158. The Labute approximate surface area is 172 Å². The van der Waals surface area contributed by atoms with E-state index < -0.39 is 0 Å². The number of nitrogen functional groups attached to an aromatic ring is 1. The van der Waals surface area contributed by atoms with Gasteiger partial charge in [-0.2, -0.15) is 0 Å². The molecule has 3 nitrogen and oxygen atoms in total. The van der Waals surface area contributed by atoms with E-state index in [1.165, 1.54) is 5.56 Å². The molecule has 0 saturated heterocycles. The Hall–Kier alpha value is -1.52. The van der Waals surface area contributed by atoms with E-state index in [-0.39, 0.29) is 5.95 Å². The highest BCUT2D eigenvalue weighted by Gasteiger charge is 2.13. The number of aryl methyl sites for hydroxylation is 2. The molecular formula is C19H15Cl4N3. The number of hydrogen-bond acceptors (Lipinski definition) is 3. The number of rotatable bonds is 5. The zero-order chi connectivity index (χ0) is 18.7. The van der Waals surface area contributed by atoms with Gasteiger partial charge < -0.3 is 5.73 Å². The molecule has 0 atom stereocenters. The molecule has 0 saturated carbocycles. The predicted octanol–water partition coefficient (Wildman–Crippen LogP) is 6.51. The van der Waals surface area contributed by atoms with Gasteiger partial charge in [0.05, 0.1) is 20.8 Å². The van der Waals surface area contributed by atoms with E-state index in [9.17, 15) is 0 Å². The molecule has 1 heterocycles. The van der Waals surface area contributed by atoms with Crippen LogP contribution in [0.15, 0.2) is 42.5 Å². The molecule has 0 fully saturated rings. The number of anilines is 1. The van der Waals surface area contributed by atoms with Gasteiger partial charge in [-0.25, -0.2) is 9.97 Å². The van der Waals surface area contributed by atoms with Gasteiger partial charge in [0, 0.05) is 16.3 Å². The molecule has 0 aliphatic heterocycles. The minimum atomic E-state index is 0.200. The lowest BCUT2D eigenvalue weighted by Crippen LogP contribution is -2.02. The zero-order valence-corrected chi connectivity index (χ0v) is 16.7. The standard InChI is InChI=1S/C19H15Cl4N3/c20-12-6-4-11(5-7-12)2-1-3-13-10-16(26-19(24)25-13)14-8-9-15(21)18(23)17(14)22/h4-10H,1-3H2,(H2,24,25,26). The van der Waals surface area contributed by atoms with E-state index in [1.54, 1.807) is 12.1 Å². The van der Waals surface area contributed by atoms with E-state index >= 15 is 0 Å². The lowest BCUT2D eigenvalue weighted by Gasteiger charge is -2.09. The number of aromatic nitrogens is 2. The van der Waals surface area contributed by atoms with Crippen molar-refractivity contribution < 1.29 is 0 Å². The van der Waals surface area contributed by atoms with Gasteiger partial charge in [-0.15, -0.1) is 0 Å². The van der Waals surface area contributed by atoms with Crippen molar-refractivity contribution in [2.75, 3.05) is 5.73 Å². The first kappa shape index (κ1) is 19.2. The summed E-state index contributed by atoms with van der Waals surface area (Å²) in [6.07, 6.45) is 2.61. The van der Waals surface area contributed by atoms with Gasteiger partial charge in [0.2, 0.25) is 5.95 Å². The van der Waals surface area contributed by atoms with Crippen LogP contribution in [0.25, 0.3) is 11.3 Å². The summed E-state index contributed by atoms with van der Waals surface area (Å²) in [4.78, 5) is 8.60. The molecule has 26 heavy (non-hydrogen) atoms. The molecule has 0 radical (unpaired) electrons. The number of hydrogen-bond donors (Lipinski definition) is 1. The minimum absolute atomic E-state index is 0.200. The minimum Gasteiger partial charge on any atom is -0.368 e. The Balaban J connectivity index is 1.77. The summed E-state index contributed by atoms with van der Waals surface area (Å²) in [6, 6.07) is 13.2. The van der Waals surface area contributed by atoms with Crippen LogP contribution in [0.2, 0.25) is 20.1 Å². The third kappa shape index (κ3) is 4.60. The Morgan fingerprint density at radius 1 is 0.808 bits per heavy atom. The van der Waals surface area contributed by atoms with Crippen LogP contribution in [0.4, 0.5) is 5.95 Å². The maximum absolute atomic E-state index is 6.31. The van der Waals surface area contributed by atoms with Gasteiger partial charge in [-0.1, -0.05) is 58.5 Å². The third-order valence-electron chi connectivity index (χ3n) is 3.92. The van der Waals surface area contributed by atoms with Gasteiger partial charge in [0.25, 0.3) is 0 Å². The maximum Gasteiger partial charge on any atom is 0.220 e. The molecule has 3 aromatic rings. The highest BCUT2D eigenvalue weighted by molar-refractivity contribution is 6.49. The average molecular weight is 427 g/mol. The first-order valence-electron chi connectivity index (χ1n) is 7.96. The van der Waals surface area contributed by atoms with Crippen LogP contribution in [0.3, 0.4) is 0 Å². The second-order valence-corrected chi connectivity index (χ2v) is 7.41. The van der Waals surface area contributed by atoms with Crippen molar-refractivity contribution in [3.8, 4) is 11.3 Å². The molecule has 7 heteroatoms. The van der Waals surface area contributed by atoms with E-state index in [0.29, 0.717) is 26.3 Å². The summed E-state index contributed by atoms with van der Waals surface area (Å²) in [7, 11) is 0. The number of benzene rings is 2. The molecule has 3 rings (SSSR count). The second kappa shape index (κ2) is 8.45. The number of nitrogens with zero attached hydrogens (tertiary/aromatic N) is 2. The van der Waals surface area contributed by atoms with E-state index in [0.717, 1.165) is 30.0 Å².